The van der Waals surface area contributed by atoms with E-state index < -0.39 is 12.0 Å². The maximum absolute atomic E-state index is 13.2. The number of phenolic OH excluding ortho intramolecular Hbond substituents is 2. The van der Waals surface area contributed by atoms with E-state index in [0.717, 1.165) is 11.3 Å². The van der Waals surface area contributed by atoms with Gasteiger partial charge in [-0.15, -0.1) is 0 Å². The van der Waals surface area contributed by atoms with E-state index in [2.05, 4.69) is 0 Å². The number of benzene rings is 2. The summed E-state index contributed by atoms with van der Waals surface area (Å²) in [6.45, 7) is 3.54. The lowest BCUT2D eigenvalue weighted by Crippen LogP contribution is -2.35. The molecule has 1 aromatic heterocycles. The van der Waals surface area contributed by atoms with Crippen LogP contribution in [0, 0.1) is 0 Å². The third kappa shape index (κ3) is 4.03. The zero-order chi connectivity index (χ0) is 23.7. The molecule has 4 rings (SSSR count). The lowest BCUT2D eigenvalue weighted by atomic mass is 9.96. The number of carbonyl (C=O) groups excluding carboxylic acids is 1. The number of aromatic nitrogens is 1. The summed E-state index contributed by atoms with van der Waals surface area (Å²) in [6, 6.07) is 10.7. The zero-order valence-electron chi connectivity index (χ0n) is 18.2. The van der Waals surface area contributed by atoms with Crippen LogP contribution < -0.4 is 19.6 Å². The molecule has 0 fully saturated rings. The van der Waals surface area contributed by atoms with E-state index in [1.165, 1.54) is 17.7 Å². The SMILES string of the molecule is CCOC(=O)C1=C(C)n2c(s/c(=C\c3ccccc3O)c2=O)=N[C@@H]1c1ccc(O)c(OC)c1. The number of carbonyl (C=O) groups is 1. The van der Waals surface area contributed by atoms with Crippen LogP contribution in [0.4, 0.5) is 0 Å². The predicted molar refractivity (Wildman–Crippen MR) is 124 cm³/mol. The second kappa shape index (κ2) is 8.95. The lowest BCUT2D eigenvalue weighted by Gasteiger charge is -2.22. The molecule has 0 aliphatic carbocycles. The Labute approximate surface area is 193 Å². The van der Waals surface area contributed by atoms with Crippen molar-refractivity contribution >= 4 is 29.1 Å². The highest BCUT2D eigenvalue weighted by atomic mass is 32.1. The molecule has 33 heavy (non-hydrogen) atoms. The Balaban J connectivity index is 1.97. The first-order valence-electron chi connectivity index (χ1n) is 10.2. The van der Waals surface area contributed by atoms with Gasteiger partial charge in [0.15, 0.2) is 16.3 Å². The summed E-state index contributed by atoms with van der Waals surface area (Å²) >= 11 is 1.16. The fraction of sp³-hybridized carbons (Fsp3) is 0.208. The summed E-state index contributed by atoms with van der Waals surface area (Å²) in [4.78, 5) is 31.2. The average Bonchev–Trinajstić information content (AvgIpc) is 3.11. The molecule has 0 bridgehead atoms. The minimum atomic E-state index is -0.755. The standard InChI is InChI=1S/C24H22N2O6S/c1-4-32-23(30)20-13(2)26-22(29)19(12-14-7-5-6-8-16(14)27)33-24(26)25-21(20)15-9-10-17(28)18(11-15)31-3/h5-12,21,27-28H,4H2,1-3H3/b19-12-/t21-/m1/s1. The van der Waals surface area contributed by atoms with Crippen LogP contribution in [0.15, 0.2) is 57.8 Å². The van der Waals surface area contributed by atoms with Gasteiger partial charge in [0.25, 0.3) is 5.56 Å². The first-order chi connectivity index (χ1) is 15.8. The minimum absolute atomic E-state index is 0.0389. The van der Waals surface area contributed by atoms with E-state index in [1.54, 1.807) is 56.3 Å². The molecule has 0 saturated carbocycles. The highest BCUT2D eigenvalue weighted by molar-refractivity contribution is 7.07. The van der Waals surface area contributed by atoms with Crippen molar-refractivity contribution in [2.75, 3.05) is 13.7 Å². The molecule has 0 spiro atoms. The van der Waals surface area contributed by atoms with Gasteiger partial charge in [0, 0.05) is 11.3 Å². The molecule has 1 atom stereocenters. The van der Waals surface area contributed by atoms with Gasteiger partial charge in [-0.3, -0.25) is 9.36 Å². The molecule has 2 N–H and O–H groups in total. The summed E-state index contributed by atoms with van der Waals surface area (Å²) in [6.07, 6.45) is 1.60. The molecule has 2 aromatic carbocycles. The van der Waals surface area contributed by atoms with Crippen molar-refractivity contribution in [1.82, 2.24) is 4.57 Å². The molecule has 1 aliphatic heterocycles. The van der Waals surface area contributed by atoms with Gasteiger partial charge >= 0.3 is 5.97 Å². The second-order valence-electron chi connectivity index (χ2n) is 7.28. The Morgan fingerprint density at radius 2 is 1.97 bits per heavy atom. The molecule has 170 valence electrons. The average molecular weight is 467 g/mol. The Morgan fingerprint density at radius 3 is 2.67 bits per heavy atom. The molecule has 9 heteroatoms. The molecule has 0 unspecified atom stereocenters. The molecule has 1 aliphatic rings. The number of nitrogens with zero attached hydrogens (tertiary/aromatic N) is 2. The number of esters is 1. The van der Waals surface area contributed by atoms with Crippen molar-refractivity contribution in [2.45, 2.75) is 19.9 Å². The molecule has 3 aromatic rings. The number of phenols is 2. The monoisotopic (exact) mass is 466 g/mol. The number of rotatable bonds is 5. The minimum Gasteiger partial charge on any atom is -0.507 e. The molecule has 0 radical (unpaired) electrons. The van der Waals surface area contributed by atoms with Crippen LogP contribution in [0.3, 0.4) is 0 Å². The predicted octanol–water partition coefficient (Wildman–Crippen LogP) is 2.33. The Morgan fingerprint density at radius 1 is 1.21 bits per heavy atom. The van der Waals surface area contributed by atoms with Crippen molar-refractivity contribution in [2.24, 2.45) is 4.99 Å². The fourth-order valence-corrected chi connectivity index (χ4v) is 4.70. The fourth-order valence-electron chi connectivity index (χ4n) is 3.67. The molecule has 0 saturated heterocycles. The van der Waals surface area contributed by atoms with E-state index in [4.69, 9.17) is 14.5 Å². The van der Waals surface area contributed by atoms with Gasteiger partial charge in [-0.05, 0) is 43.7 Å². The van der Waals surface area contributed by atoms with Crippen molar-refractivity contribution in [3.63, 3.8) is 0 Å². The third-order valence-electron chi connectivity index (χ3n) is 5.28. The van der Waals surface area contributed by atoms with Crippen LogP contribution in [-0.2, 0) is 9.53 Å². The quantitative estimate of drug-likeness (QED) is 0.559. The highest BCUT2D eigenvalue weighted by Gasteiger charge is 2.32. The second-order valence-corrected chi connectivity index (χ2v) is 8.28. The number of hydrogen-bond donors (Lipinski definition) is 2. The van der Waals surface area contributed by atoms with E-state index in [9.17, 15) is 19.8 Å². The third-order valence-corrected chi connectivity index (χ3v) is 6.27. The molecule has 8 nitrogen and oxygen atoms in total. The molecule has 0 amide bonds. The van der Waals surface area contributed by atoms with E-state index >= 15 is 0 Å². The lowest BCUT2D eigenvalue weighted by molar-refractivity contribution is -0.138. The molecular weight excluding hydrogens is 444 g/mol. The Kier molecular flexibility index (Phi) is 6.06. The largest absolute Gasteiger partial charge is 0.507 e. The molecule has 2 heterocycles. The summed E-state index contributed by atoms with van der Waals surface area (Å²) < 4.78 is 12.2. The number of hydrogen-bond acceptors (Lipinski definition) is 8. The van der Waals surface area contributed by atoms with Crippen molar-refractivity contribution < 1.29 is 24.5 Å². The van der Waals surface area contributed by atoms with Crippen LogP contribution in [0.5, 0.6) is 17.2 Å². The topological polar surface area (TPSA) is 110 Å². The van der Waals surface area contributed by atoms with Gasteiger partial charge < -0.3 is 19.7 Å². The van der Waals surface area contributed by atoms with Crippen LogP contribution in [0.1, 0.15) is 31.0 Å². The van der Waals surface area contributed by atoms with Crippen LogP contribution in [0.2, 0.25) is 0 Å². The number of ether oxygens (including phenoxy) is 2. The van der Waals surface area contributed by atoms with Gasteiger partial charge in [0.2, 0.25) is 0 Å². The number of para-hydroxylation sites is 1. The Hall–Kier alpha value is -3.85. The van der Waals surface area contributed by atoms with Gasteiger partial charge in [-0.1, -0.05) is 35.6 Å². The highest BCUT2D eigenvalue weighted by Crippen LogP contribution is 2.36. The van der Waals surface area contributed by atoms with Gasteiger partial charge in [-0.25, -0.2) is 9.79 Å². The Bertz CT molecular complexity index is 1450. The number of fused-ring (bicyclic) bond motifs is 1. The van der Waals surface area contributed by atoms with E-state index in [-0.39, 0.29) is 35.0 Å². The summed E-state index contributed by atoms with van der Waals surface area (Å²) in [5, 5.41) is 20.1. The first-order valence-corrected chi connectivity index (χ1v) is 11.0. The number of aromatic hydroxyl groups is 2. The van der Waals surface area contributed by atoms with E-state index in [1.807, 2.05) is 0 Å². The number of allylic oxidation sites excluding steroid dienone is 1. The van der Waals surface area contributed by atoms with Crippen LogP contribution >= 0.6 is 11.3 Å². The van der Waals surface area contributed by atoms with E-state index in [0.29, 0.717) is 26.2 Å². The van der Waals surface area contributed by atoms with Gasteiger partial charge in [0.1, 0.15) is 11.8 Å². The smallest absolute Gasteiger partial charge is 0.338 e. The molecular formula is C24H22N2O6S. The summed E-state index contributed by atoms with van der Waals surface area (Å²) in [7, 11) is 1.43. The van der Waals surface area contributed by atoms with Crippen molar-refractivity contribution in [3.8, 4) is 17.2 Å². The number of thiazole rings is 1. The summed E-state index contributed by atoms with van der Waals surface area (Å²) in [5.41, 5.74) is 1.40. The van der Waals surface area contributed by atoms with Gasteiger partial charge in [-0.2, -0.15) is 0 Å². The van der Waals surface area contributed by atoms with Crippen LogP contribution in [0.25, 0.3) is 11.8 Å². The zero-order valence-corrected chi connectivity index (χ0v) is 19.0. The van der Waals surface area contributed by atoms with Crippen molar-refractivity contribution in [1.29, 1.82) is 0 Å². The first kappa shape index (κ1) is 22.3. The number of methoxy groups -OCH3 is 1. The maximum atomic E-state index is 13.2. The normalized spacial score (nSPS) is 15.7. The maximum Gasteiger partial charge on any atom is 0.338 e. The van der Waals surface area contributed by atoms with Gasteiger partial charge in [0.05, 0.1) is 23.8 Å². The van der Waals surface area contributed by atoms with Crippen molar-refractivity contribution in [3.05, 3.63) is 78.9 Å². The summed E-state index contributed by atoms with van der Waals surface area (Å²) in [5.74, 6) is -0.321. The van der Waals surface area contributed by atoms with Crippen LogP contribution in [-0.4, -0.2) is 34.5 Å².